The summed E-state index contributed by atoms with van der Waals surface area (Å²) in [5.41, 5.74) is 13.6. The lowest BCUT2D eigenvalue weighted by Crippen LogP contribution is -2.50. The first-order chi connectivity index (χ1) is 26.8. The van der Waals surface area contributed by atoms with Crippen LogP contribution in [0.5, 0.6) is 0 Å². The summed E-state index contributed by atoms with van der Waals surface area (Å²) in [5, 5.41) is -0.543. The lowest BCUT2D eigenvalue weighted by molar-refractivity contribution is -0.0591. The fraction of sp³-hybridized carbons (Fsp3) is 0.688. The molecule has 26 heteroatoms. The summed E-state index contributed by atoms with van der Waals surface area (Å²) in [6, 6.07) is 0. The van der Waals surface area contributed by atoms with Gasteiger partial charge in [0, 0.05) is 0 Å². The Hall–Kier alpha value is -2.00. The van der Waals surface area contributed by atoms with Gasteiger partial charge in [0.1, 0.15) is 60.3 Å². The Morgan fingerprint density at radius 1 is 0.759 bits per heavy atom. The van der Waals surface area contributed by atoms with Crippen molar-refractivity contribution in [2.45, 2.75) is 127 Å². The van der Waals surface area contributed by atoms with Gasteiger partial charge >= 0.3 is 13.5 Å². The van der Waals surface area contributed by atoms with Crippen LogP contribution < -0.4 is 11.5 Å². The standard InChI is InChI=1S/C32H52N10O10P2S2Si2/c1-31(2,3)57(7,8)51-22-18-12-46-53(43,55)49-21-17(11-45-54(44,56)50-23(22)29(48-18)41-15-39-19-25(33)35-13-37-27(19)41)47-30(24(21)52-58(9,10)32(4,5)6)42-16-40-20-26(34)36-14-38-28(20)42/h13-18,21-24,29-30H,11-12H2,1-10H3,(H,43,55)(H,44,56)(H2,33,35,37)(H2,34,36,38)/t17-,18-,21-,22?,23-,24-,29-,30-,53?,54?/m0/s1. The Morgan fingerprint density at radius 3 is 1.78 bits per heavy atom. The van der Waals surface area contributed by atoms with E-state index in [1.807, 2.05) is 0 Å². The van der Waals surface area contributed by atoms with Crippen molar-refractivity contribution < 1.29 is 45.9 Å². The van der Waals surface area contributed by atoms with Crippen LogP contribution in [0.15, 0.2) is 25.3 Å². The monoisotopic (exact) mass is 918 g/mol. The molecular formula is C32H52N10O10P2S2Si2. The number of fused-ring (bicyclic) bond motifs is 5. The normalized spacial score (nSPS) is 33.2. The molecule has 3 fully saturated rings. The third-order valence-electron chi connectivity index (χ3n) is 11.7. The lowest BCUT2D eigenvalue weighted by Gasteiger charge is -2.41. The molecule has 320 valence electrons. The molecule has 10 atom stereocenters. The predicted octanol–water partition coefficient (Wildman–Crippen LogP) is 5.48. The molecule has 5 N–H and O–H groups in total. The van der Waals surface area contributed by atoms with Crippen LogP contribution in [0.4, 0.5) is 11.6 Å². The van der Waals surface area contributed by atoms with Crippen molar-refractivity contribution in [1.29, 1.82) is 0 Å². The third kappa shape index (κ3) is 8.45. The molecule has 20 nitrogen and oxygen atoms in total. The van der Waals surface area contributed by atoms with Crippen LogP contribution in [0.1, 0.15) is 54.0 Å². The van der Waals surface area contributed by atoms with E-state index in [4.69, 9.17) is 59.7 Å². The second-order valence-electron chi connectivity index (χ2n) is 17.7. The Bertz CT molecular complexity index is 2280. The minimum Gasteiger partial charge on any atom is -0.408 e. The maximum absolute atomic E-state index is 14.5. The van der Waals surface area contributed by atoms with Crippen molar-refractivity contribution in [3.05, 3.63) is 25.3 Å². The molecule has 3 aliphatic rings. The smallest absolute Gasteiger partial charge is 0.386 e. The highest BCUT2D eigenvalue weighted by molar-refractivity contribution is 8.44. The first-order valence-electron chi connectivity index (χ1n) is 18.6. The summed E-state index contributed by atoms with van der Waals surface area (Å²) in [6.07, 6.45) is -2.64. The fourth-order valence-electron chi connectivity index (χ4n) is 6.49. The number of hydrogen-bond acceptors (Lipinski definition) is 18. The van der Waals surface area contributed by atoms with Crippen LogP contribution >= 0.6 is 25.8 Å². The largest absolute Gasteiger partial charge is 0.408 e. The van der Waals surface area contributed by atoms with Gasteiger partial charge in [-0.15, -0.1) is 0 Å². The maximum atomic E-state index is 14.5. The van der Waals surface area contributed by atoms with E-state index in [-0.39, 0.29) is 28.3 Å². The quantitative estimate of drug-likeness (QED) is 0.106. The van der Waals surface area contributed by atoms with Crippen molar-refractivity contribution in [3.63, 3.8) is 0 Å². The van der Waals surface area contributed by atoms with Gasteiger partial charge in [-0.05, 0) is 48.1 Å². The van der Waals surface area contributed by atoms with Crippen LogP contribution in [0.2, 0.25) is 36.3 Å². The van der Waals surface area contributed by atoms with Crippen molar-refractivity contribution in [3.8, 4) is 0 Å². The molecule has 2 bridgehead atoms. The van der Waals surface area contributed by atoms with E-state index in [0.717, 1.165) is 0 Å². The number of ether oxygens (including phenoxy) is 2. The molecule has 3 aliphatic heterocycles. The van der Waals surface area contributed by atoms with Crippen LogP contribution in [-0.4, -0.2) is 110 Å². The Kier molecular flexibility index (Phi) is 11.7. The molecule has 0 spiro atoms. The van der Waals surface area contributed by atoms with E-state index >= 15 is 0 Å². The summed E-state index contributed by atoms with van der Waals surface area (Å²) in [6.45, 7) is 11.5. The topological polar surface area (TPSA) is 250 Å². The molecule has 0 amide bonds. The molecule has 0 radical (unpaired) electrons. The first-order valence-corrected chi connectivity index (χ1v) is 29.7. The van der Waals surface area contributed by atoms with E-state index in [1.54, 1.807) is 9.13 Å². The third-order valence-corrected chi connectivity index (χ3v) is 23.8. The number of anilines is 2. The average Bonchev–Trinajstić information content (AvgIpc) is 3.87. The van der Waals surface area contributed by atoms with Crippen LogP contribution in [0.25, 0.3) is 22.3 Å². The number of aromatic nitrogens is 8. The van der Waals surface area contributed by atoms with E-state index in [0.29, 0.717) is 22.3 Å². The van der Waals surface area contributed by atoms with Crippen molar-refractivity contribution >= 4 is 88.2 Å². The van der Waals surface area contributed by atoms with Gasteiger partial charge in [0.25, 0.3) is 0 Å². The summed E-state index contributed by atoms with van der Waals surface area (Å²) in [5.74, 6) is 0.321. The molecule has 4 aromatic heterocycles. The molecular weight excluding hydrogens is 867 g/mol. The van der Waals surface area contributed by atoms with Gasteiger partial charge in [0.05, 0.1) is 25.9 Å². The van der Waals surface area contributed by atoms with Crippen LogP contribution in [0, 0.1) is 0 Å². The zero-order valence-corrected chi connectivity index (χ0v) is 39.4. The highest BCUT2D eigenvalue weighted by Crippen LogP contribution is 2.59. The molecule has 0 saturated carbocycles. The highest BCUT2D eigenvalue weighted by Gasteiger charge is 2.57. The second-order valence-corrected chi connectivity index (χ2v) is 32.8. The lowest BCUT2D eigenvalue weighted by atomic mass is 10.1. The SMILES string of the molecule is CC(C)(C)[Si](C)(C)OC1[C@@H]2COP(=O)(S)O[C@@H]3[C@H](O[Si](C)(C)C(C)(C)C)[C@@H](n4cnc5c(N)ncnc54)O[C@H]3COP(O)(=S)O[C@@H]1[C@@H](n1cnc3c(N)ncnc31)O2. The number of nitrogens with zero attached hydrogens (tertiary/aromatic N) is 8. The van der Waals surface area contributed by atoms with E-state index in [2.05, 4.69) is 110 Å². The second kappa shape index (κ2) is 15.4. The van der Waals surface area contributed by atoms with Gasteiger partial charge < -0.3 is 39.2 Å². The average molecular weight is 919 g/mol. The van der Waals surface area contributed by atoms with E-state index in [1.165, 1.54) is 25.3 Å². The van der Waals surface area contributed by atoms with Gasteiger partial charge in [-0.2, -0.15) is 0 Å². The molecule has 0 aliphatic carbocycles. The first kappa shape index (κ1) is 44.1. The number of nitrogen functional groups attached to an aromatic ring is 2. The Balaban J connectivity index is 1.30. The van der Waals surface area contributed by atoms with Crippen molar-refractivity contribution in [1.82, 2.24) is 39.0 Å². The maximum Gasteiger partial charge on any atom is 0.386 e. The van der Waals surface area contributed by atoms with E-state index in [9.17, 15) is 9.46 Å². The van der Waals surface area contributed by atoms with Gasteiger partial charge in [-0.25, -0.2) is 34.5 Å². The zero-order chi connectivity index (χ0) is 42.4. The molecule has 7 rings (SSSR count). The molecule has 0 aromatic carbocycles. The van der Waals surface area contributed by atoms with Crippen molar-refractivity contribution in [2.75, 3.05) is 24.7 Å². The number of nitrogens with two attached hydrogens (primary N) is 2. The van der Waals surface area contributed by atoms with Crippen LogP contribution in [-0.2, 0) is 52.8 Å². The van der Waals surface area contributed by atoms with Gasteiger partial charge in [0.2, 0.25) is 0 Å². The summed E-state index contributed by atoms with van der Waals surface area (Å²) in [4.78, 5) is 37.7. The molecule has 3 unspecified atom stereocenters. The van der Waals surface area contributed by atoms with Gasteiger partial charge in [0.15, 0.2) is 52.0 Å². The number of thiol groups is 1. The Labute approximate surface area is 348 Å². The predicted molar refractivity (Wildman–Crippen MR) is 226 cm³/mol. The zero-order valence-electron chi connectivity index (χ0n) is 33.9. The van der Waals surface area contributed by atoms with Crippen molar-refractivity contribution in [2.24, 2.45) is 0 Å². The minimum atomic E-state index is -4.30. The highest BCUT2D eigenvalue weighted by atomic mass is 32.7. The van der Waals surface area contributed by atoms with Gasteiger partial charge in [-0.3, -0.25) is 22.7 Å². The Morgan fingerprint density at radius 2 is 1.24 bits per heavy atom. The number of hydrogen-bond donors (Lipinski definition) is 4. The minimum absolute atomic E-state index is 0.152. The summed E-state index contributed by atoms with van der Waals surface area (Å²) in [7, 11) is -5.26. The number of rotatable bonds is 6. The molecule has 3 saturated heterocycles. The van der Waals surface area contributed by atoms with E-state index < -0.39 is 85.8 Å². The summed E-state index contributed by atoms with van der Waals surface area (Å²) >= 11 is 10.2. The molecule has 7 heterocycles. The molecule has 58 heavy (non-hydrogen) atoms. The fourth-order valence-corrected chi connectivity index (χ4v) is 12.0. The van der Waals surface area contributed by atoms with Gasteiger partial charge in [-0.1, -0.05) is 53.8 Å². The summed E-state index contributed by atoms with van der Waals surface area (Å²) < 4.78 is 70.1. The van der Waals surface area contributed by atoms with Crippen LogP contribution in [0.3, 0.4) is 0 Å². The molecule has 4 aromatic rings. The number of imidazole rings is 2.